The molecule has 2 aromatic heterocycles. The fraction of sp³-hybridized carbons (Fsp3) is 0.643. The van der Waals surface area contributed by atoms with Gasteiger partial charge in [-0.15, -0.1) is 0 Å². The predicted molar refractivity (Wildman–Crippen MR) is 89.4 cm³/mol. The van der Waals surface area contributed by atoms with Gasteiger partial charge in [-0.05, 0) is 14.1 Å². The van der Waals surface area contributed by atoms with Crippen molar-refractivity contribution in [2.24, 2.45) is 0 Å². The number of aliphatic hydroxyl groups is 2. The van der Waals surface area contributed by atoms with E-state index in [1.807, 2.05) is 19.0 Å². The standard InChI is InChI=1S/C14H23N7O4/c1-20(2)3-4-24-10-9(23)7(5-22)25-13(10)21-6-17-8-11(15)18-14(16)19-12(8)21/h6-7,9-10,13,22-23H,3-5H2,1-2H3,(H4,15,16,18,19)/t7-,9-,10-,13-/m1/s1. The number of aromatic nitrogens is 4. The van der Waals surface area contributed by atoms with Gasteiger partial charge in [0.15, 0.2) is 17.7 Å². The number of likely N-dealkylation sites (N-methyl/N-ethyl adjacent to an activating group) is 1. The molecule has 0 aromatic carbocycles. The highest BCUT2D eigenvalue weighted by Crippen LogP contribution is 2.34. The van der Waals surface area contributed by atoms with Crippen LogP contribution in [0.2, 0.25) is 0 Å². The second-order valence-electron chi connectivity index (χ2n) is 6.17. The summed E-state index contributed by atoms with van der Waals surface area (Å²) >= 11 is 0. The Morgan fingerprint density at radius 3 is 2.80 bits per heavy atom. The molecular formula is C14H23N7O4. The molecule has 0 amide bonds. The average molecular weight is 353 g/mol. The van der Waals surface area contributed by atoms with E-state index < -0.39 is 24.5 Å². The van der Waals surface area contributed by atoms with E-state index in [0.717, 1.165) is 0 Å². The van der Waals surface area contributed by atoms with E-state index >= 15 is 0 Å². The van der Waals surface area contributed by atoms with E-state index in [4.69, 9.17) is 20.9 Å². The van der Waals surface area contributed by atoms with Gasteiger partial charge in [-0.3, -0.25) is 4.57 Å². The monoisotopic (exact) mass is 353 g/mol. The minimum Gasteiger partial charge on any atom is -0.394 e. The third-order valence-electron chi connectivity index (χ3n) is 4.08. The molecule has 0 unspecified atom stereocenters. The number of nitrogens with zero attached hydrogens (tertiary/aromatic N) is 5. The molecule has 1 fully saturated rings. The molecular weight excluding hydrogens is 330 g/mol. The van der Waals surface area contributed by atoms with Crippen LogP contribution in [0.5, 0.6) is 0 Å². The Labute approximate surface area is 144 Å². The number of hydrogen-bond acceptors (Lipinski definition) is 10. The van der Waals surface area contributed by atoms with Crippen LogP contribution in [0.25, 0.3) is 11.2 Å². The van der Waals surface area contributed by atoms with Crippen molar-refractivity contribution in [3.63, 3.8) is 0 Å². The first kappa shape index (κ1) is 17.8. The first-order valence-electron chi connectivity index (χ1n) is 7.88. The maximum atomic E-state index is 10.4. The van der Waals surface area contributed by atoms with E-state index in [9.17, 15) is 10.2 Å². The Morgan fingerprint density at radius 1 is 1.36 bits per heavy atom. The zero-order valence-corrected chi connectivity index (χ0v) is 14.1. The van der Waals surface area contributed by atoms with Crippen LogP contribution in [0, 0.1) is 0 Å². The lowest BCUT2D eigenvalue weighted by Gasteiger charge is -2.23. The van der Waals surface area contributed by atoms with Crippen molar-refractivity contribution in [3.05, 3.63) is 6.33 Å². The van der Waals surface area contributed by atoms with Crippen molar-refractivity contribution in [3.8, 4) is 0 Å². The van der Waals surface area contributed by atoms with Crippen LogP contribution in [0.15, 0.2) is 6.33 Å². The molecule has 2 aromatic rings. The molecule has 1 aliphatic heterocycles. The number of aliphatic hydroxyl groups excluding tert-OH is 2. The van der Waals surface area contributed by atoms with Gasteiger partial charge in [-0.1, -0.05) is 0 Å². The zero-order chi connectivity index (χ0) is 18.1. The van der Waals surface area contributed by atoms with E-state index in [-0.39, 0.29) is 18.4 Å². The number of ether oxygens (including phenoxy) is 2. The summed E-state index contributed by atoms with van der Waals surface area (Å²) in [6.07, 6.45) is -1.72. The molecule has 1 aliphatic rings. The Morgan fingerprint density at radius 2 is 2.12 bits per heavy atom. The molecule has 0 saturated carbocycles. The first-order chi connectivity index (χ1) is 11.9. The fourth-order valence-electron chi connectivity index (χ4n) is 2.79. The lowest BCUT2D eigenvalue weighted by molar-refractivity contribution is -0.0722. The highest BCUT2D eigenvalue weighted by Gasteiger charge is 2.45. The average Bonchev–Trinajstić information content (AvgIpc) is 3.09. The van der Waals surface area contributed by atoms with Gasteiger partial charge in [0, 0.05) is 6.54 Å². The van der Waals surface area contributed by atoms with E-state index in [0.29, 0.717) is 24.3 Å². The van der Waals surface area contributed by atoms with Crippen molar-refractivity contribution in [1.29, 1.82) is 0 Å². The molecule has 3 rings (SSSR count). The minimum atomic E-state index is -0.994. The number of imidazole rings is 1. The summed E-state index contributed by atoms with van der Waals surface area (Å²) in [5.74, 6) is 0.164. The van der Waals surface area contributed by atoms with Crippen molar-refractivity contribution in [2.45, 2.75) is 24.5 Å². The van der Waals surface area contributed by atoms with E-state index in [2.05, 4.69) is 15.0 Å². The molecule has 11 heteroatoms. The number of hydrogen-bond donors (Lipinski definition) is 4. The summed E-state index contributed by atoms with van der Waals surface area (Å²) in [6.45, 7) is 0.724. The molecule has 25 heavy (non-hydrogen) atoms. The van der Waals surface area contributed by atoms with Crippen molar-refractivity contribution in [1.82, 2.24) is 24.4 Å². The van der Waals surface area contributed by atoms with Gasteiger partial charge >= 0.3 is 0 Å². The molecule has 11 nitrogen and oxygen atoms in total. The Kier molecular flexibility index (Phi) is 5.01. The van der Waals surface area contributed by atoms with Gasteiger partial charge in [0.05, 0.1) is 19.5 Å². The Bertz CT molecular complexity index is 737. The van der Waals surface area contributed by atoms with Gasteiger partial charge in [0.25, 0.3) is 0 Å². The van der Waals surface area contributed by atoms with Crippen molar-refractivity contribution >= 4 is 22.9 Å². The van der Waals surface area contributed by atoms with Gasteiger partial charge in [0.1, 0.15) is 23.8 Å². The lowest BCUT2D eigenvalue weighted by atomic mass is 10.1. The molecule has 0 bridgehead atoms. The lowest BCUT2D eigenvalue weighted by Crippen LogP contribution is -2.37. The van der Waals surface area contributed by atoms with Crippen LogP contribution in [0.4, 0.5) is 11.8 Å². The summed E-state index contributed by atoms with van der Waals surface area (Å²) in [6, 6.07) is 0. The number of anilines is 2. The van der Waals surface area contributed by atoms with Crippen LogP contribution < -0.4 is 11.5 Å². The van der Waals surface area contributed by atoms with Crippen LogP contribution in [-0.4, -0.2) is 86.8 Å². The Hall–Kier alpha value is -2.05. The zero-order valence-electron chi connectivity index (χ0n) is 14.1. The van der Waals surface area contributed by atoms with Crippen LogP contribution in [-0.2, 0) is 9.47 Å². The second-order valence-corrected chi connectivity index (χ2v) is 6.17. The number of nitrogens with two attached hydrogens (primary N) is 2. The van der Waals surface area contributed by atoms with Gasteiger partial charge in [0.2, 0.25) is 5.95 Å². The van der Waals surface area contributed by atoms with Gasteiger partial charge in [-0.2, -0.15) is 9.97 Å². The maximum Gasteiger partial charge on any atom is 0.224 e. The molecule has 3 heterocycles. The largest absolute Gasteiger partial charge is 0.394 e. The van der Waals surface area contributed by atoms with Crippen molar-refractivity contribution < 1.29 is 19.7 Å². The molecule has 4 atom stereocenters. The van der Waals surface area contributed by atoms with Crippen LogP contribution >= 0.6 is 0 Å². The minimum absolute atomic E-state index is 0.00841. The normalized spacial score (nSPS) is 26.8. The quantitative estimate of drug-likeness (QED) is 0.466. The fourth-order valence-corrected chi connectivity index (χ4v) is 2.79. The third-order valence-corrected chi connectivity index (χ3v) is 4.08. The van der Waals surface area contributed by atoms with Gasteiger partial charge < -0.3 is 36.1 Å². The number of fused-ring (bicyclic) bond motifs is 1. The van der Waals surface area contributed by atoms with E-state index in [1.54, 1.807) is 4.57 Å². The van der Waals surface area contributed by atoms with E-state index in [1.165, 1.54) is 6.33 Å². The van der Waals surface area contributed by atoms with Crippen LogP contribution in [0.3, 0.4) is 0 Å². The summed E-state index contributed by atoms with van der Waals surface area (Å²) in [4.78, 5) is 14.2. The molecule has 1 saturated heterocycles. The highest BCUT2D eigenvalue weighted by atomic mass is 16.6. The summed E-state index contributed by atoms with van der Waals surface area (Å²) in [5, 5.41) is 19.9. The summed E-state index contributed by atoms with van der Waals surface area (Å²) in [7, 11) is 3.84. The number of rotatable bonds is 6. The number of nitrogen functional groups attached to an aromatic ring is 2. The second kappa shape index (κ2) is 7.06. The maximum absolute atomic E-state index is 10.4. The molecule has 6 N–H and O–H groups in total. The Balaban J connectivity index is 1.92. The third kappa shape index (κ3) is 3.37. The first-order valence-corrected chi connectivity index (χ1v) is 7.88. The molecule has 138 valence electrons. The SMILES string of the molecule is CN(C)CCO[C@@H]1[C@H](O)[C@@H](CO)O[C@H]1n1cnc2c(N)nc(N)nc21. The smallest absolute Gasteiger partial charge is 0.224 e. The summed E-state index contributed by atoms with van der Waals surface area (Å²) in [5.41, 5.74) is 12.3. The van der Waals surface area contributed by atoms with Gasteiger partial charge in [-0.25, -0.2) is 4.98 Å². The van der Waals surface area contributed by atoms with Crippen molar-refractivity contribution in [2.75, 3.05) is 45.3 Å². The molecule has 0 aliphatic carbocycles. The molecule has 0 spiro atoms. The van der Waals surface area contributed by atoms with Crippen LogP contribution in [0.1, 0.15) is 6.23 Å². The summed E-state index contributed by atoms with van der Waals surface area (Å²) < 4.78 is 13.2. The molecule has 0 radical (unpaired) electrons. The highest BCUT2D eigenvalue weighted by molar-refractivity contribution is 5.82. The topological polar surface area (TPSA) is 158 Å². The predicted octanol–water partition coefficient (Wildman–Crippen LogP) is -1.81.